The molecule has 64 valence electrons. The van der Waals surface area contributed by atoms with Crippen molar-refractivity contribution in [3.8, 4) is 0 Å². The third kappa shape index (κ3) is 1.23. The van der Waals surface area contributed by atoms with Crippen molar-refractivity contribution < 1.29 is 19.4 Å². The number of carbonyl (C=O) groups excluding carboxylic acids is 1. The monoisotopic (exact) mass is 160 g/mol. The molecule has 0 aromatic heterocycles. The molecule has 2 unspecified atom stereocenters. The molecule has 1 N–H and O–H groups in total. The first kappa shape index (κ1) is 8.49. The minimum absolute atomic E-state index is 0.320. The zero-order valence-corrected chi connectivity index (χ0v) is 6.66. The van der Waals surface area contributed by atoms with Gasteiger partial charge in [0.15, 0.2) is 5.60 Å². The molecule has 1 rings (SSSR count). The minimum Gasteiger partial charge on any atom is -0.467 e. The Labute approximate surface area is 65.1 Å². The van der Waals surface area contributed by atoms with Crippen molar-refractivity contribution in [2.45, 2.75) is 25.0 Å². The molecule has 0 amide bonds. The van der Waals surface area contributed by atoms with Crippen LogP contribution >= 0.6 is 0 Å². The second-order valence-corrected chi connectivity index (χ2v) is 2.68. The Morgan fingerprint density at radius 2 is 2.45 bits per heavy atom. The fourth-order valence-corrected chi connectivity index (χ4v) is 1.18. The molecular weight excluding hydrogens is 148 g/mol. The molecule has 1 fully saturated rings. The van der Waals surface area contributed by atoms with Gasteiger partial charge in [0.2, 0.25) is 0 Å². The lowest BCUT2D eigenvalue weighted by atomic mass is 9.97. The van der Waals surface area contributed by atoms with Gasteiger partial charge in [0.1, 0.15) is 0 Å². The number of esters is 1. The van der Waals surface area contributed by atoms with Gasteiger partial charge >= 0.3 is 5.97 Å². The molecule has 1 aliphatic rings. The number of hydrogen-bond acceptors (Lipinski definition) is 4. The lowest BCUT2D eigenvalue weighted by molar-refractivity contribution is -0.166. The zero-order chi connectivity index (χ0) is 8.48. The van der Waals surface area contributed by atoms with E-state index in [1.54, 1.807) is 6.92 Å². The van der Waals surface area contributed by atoms with Gasteiger partial charge in [-0.25, -0.2) is 4.79 Å². The van der Waals surface area contributed by atoms with E-state index < -0.39 is 17.7 Å². The van der Waals surface area contributed by atoms with Gasteiger partial charge in [-0.3, -0.25) is 0 Å². The first-order chi connectivity index (χ1) is 5.11. The maximum absolute atomic E-state index is 11.0. The van der Waals surface area contributed by atoms with Crippen LogP contribution in [0.2, 0.25) is 0 Å². The number of carbonyl (C=O) groups is 1. The Balaban J connectivity index is 2.72. The number of hydrogen-bond donors (Lipinski definition) is 1. The summed E-state index contributed by atoms with van der Waals surface area (Å²) < 4.78 is 9.48. The predicted molar refractivity (Wildman–Crippen MR) is 37.0 cm³/mol. The summed E-state index contributed by atoms with van der Waals surface area (Å²) in [4.78, 5) is 11.0. The number of rotatable bonds is 1. The normalized spacial score (nSPS) is 37.2. The maximum Gasteiger partial charge on any atom is 0.340 e. The summed E-state index contributed by atoms with van der Waals surface area (Å²) >= 11 is 0. The van der Waals surface area contributed by atoms with E-state index in [2.05, 4.69) is 4.74 Å². The largest absolute Gasteiger partial charge is 0.467 e. The molecule has 1 aliphatic heterocycles. The SMILES string of the molecule is COC(=O)C1(O)CCOC1C. The van der Waals surface area contributed by atoms with Gasteiger partial charge in [0, 0.05) is 6.42 Å². The average Bonchev–Trinajstić information content (AvgIpc) is 2.32. The summed E-state index contributed by atoms with van der Waals surface area (Å²) in [6, 6.07) is 0. The molecule has 1 heterocycles. The molecule has 1 saturated heterocycles. The van der Waals surface area contributed by atoms with E-state index in [1.165, 1.54) is 7.11 Å². The molecule has 0 aromatic rings. The molecule has 0 saturated carbocycles. The van der Waals surface area contributed by atoms with Crippen molar-refractivity contribution >= 4 is 5.97 Å². The van der Waals surface area contributed by atoms with Crippen LogP contribution in [-0.4, -0.2) is 36.5 Å². The van der Waals surface area contributed by atoms with E-state index in [4.69, 9.17) is 4.74 Å². The Morgan fingerprint density at radius 3 is 2.82 bits per heavy atom. The van der Waals surface area contributed by atoms with Crippen LogP contribution in [0.25, 0.3) is 0 Å². The van der Waals surface area contributed by atoms with Crippen LogP contribution in [0.15, 0.2) is 0 Å². The molecule has 2 atom stereocenters. The summed E-state index contributed by atoms with van der Waals surface area (Å²) in [6.07, 6.45) is -0.143. The molecule has 11 heavy (non-hydrogen) atoms. The average molecular weight is 160 g/mol. The highest BCUT2D eigenvalue weighted by Crippen LogP contribution is 2.26. The van der Waals surface area contributed by atoms with E-state index in [0.717, 1.165) is 0 Å². The second kappa shape index (κ2) is 2.79. The van der Waals surface area contributed by atoms with E-state index >= 15 is 0 Å². The van der Waals surface area contributed by atoms with Gasteiger partial charge in [-0.1, -0.05) is 0 Å². The first-order valence-corrected chi connectivity index (χ1v) is 3.53. The van der Waals surface area contributed by atoms with Crippen LogP contribution in [0.3, 0.4) is 0 Å². The number of ether oxygens (including phenoxy) is 2. The molecule has 0 radical (unpaired) electrons. The van der Waals surface area contributed by atoms with Gasteiger partial charge in [-0.15, -0.1) is 0 Å². The van der Waals surface area contributed by atoms with Gasteiger partial charge in [-0.2, -0.15) is 0 Å². The molecule has 0 bridgehead atoms. The van der Waals surface area contributed by atoms with Crippen molar-refractivity contribution in [1.82, 2.24) is 0 Å². The Morgan fingerprint density at radius 1 is 1.82 bits per heavy atom. The predicted octanol–water partition coefficient (Wildman–Crippen LogP) is -0.301. The van der Waals surface area contributed by atoms with Crippen molar-refractivity contribution in [3.63, 3.8) is 0 Å². The minimum atomic E-state index is -1.42. The van der Waals surface area contributed by atoms with Crippen LogP contribution in [0.5, 0.6) is 0 Å². The van der Waals surface area contributed by atoms with Crippen LogP contribution in [0.1, 0.15) is 13.3 Å². The lowest BCUT2D eigenvalue weighted by Gasteiger charge is -2.21. The number of methoxy groups -OCH3 is 1. The maximum atomic E-state index is 11.0. The highest BCUT2D eigenvalue weighted by Gasteiger charge is 2.47. The van der Waals surface area contributed by atoms with Crippen molar-refractivity contribution in [2.24, 2.45) is 0 Å². The standard InChI is InChI=1S/C7H12O4/c1-5-7(9,3-4-11-5)6(8)10-2/h5,9H,3-4H2,1-2H3. The quantitative estimate of drug-likeness (QED) is 0.535. The lowest BCUT2D eigenvalue weighted by Crippen LogP contribution is -2.45. The summed E-state index contributed by atoms with van der Waals surface area (Å²) in [6.45, 7) is 2.07. The first-order valence-electron chi connectivity index (χ1n) is 3.53. The third-order valence-electron chi connectivity index (χ3n) is 2.06. The zero-order valence-electron chi connectivity index (χ0n) is 6.66. The Kier molecular flexibility index (Phi) is 2.15. The fourth-order valence-electron chi connectivity index (χ4n) is 1.18. The summed E-state index contributed by atoms with van der Waals surface area (Å²) in [5.41, 5.74) is -1.42. The third-order valence-corrected chi connectivity index (χ3v) is 2.06. The molecule has 4 heteroatoms. The van der Waals surface area contributed by atoms with Crippen molar-refractivity contribution in [3.05, 3.63) is 0 Å². The van der Waals surface area contributed by atoms with E-state index in [0.29, 0.717) is 13.0 Å². The van der Waals surface area contributed by atoms with E-state index in [1.807, 2.05) is 0 Å². The molecular formula is C7H12O4. The molecule has 0 aromatic carbocycles. The fraction of sp³-hybridized carbons (Fsp3) is 0.857. The Hall–Kier alpha value is -0.610. The molecule has 0 spiro atoms. The molecule has 0 aliphatic carbocycles. The van der Waals surface area contributed by atoms with Crippen LogP contribution in [0, 0.1) is 0 Å². The topological polar surface area (TPSA) is 55.8 Å². The van der Waals surface area contributed by atoms with Crippen LogP contribution in [0.4, 0.5) is 0 Å². The smallest absolute Gasteiger partial charge is 0.340 e. The second-order valence-electron chi connectivity index (χ2n) is 2.68. The van der Waals surface area contributed by atoms with Gasteiger partial charge in [0.25, 0.3) is 0 Å². The van der Waals surface area contributed by atoms with Crippen molar-refractivity contribution in [2.75, 3.05) is 13.7 Å². The van der Waals surface area contributed by atoms with E-state index in [9.17, 15) is 9.90 Å². The molecule has 4 nitrogen and oxygen atoms in total. The van der Waals surface area contributed by atoms with E-state index in [-0.39, 0.29) is 0 Å². The van der Waals surface area contributed by atoms with Crippen LogP contribution in [-0.2, 0) is 14.3 Å². The Bertz CT molecular complexity index is 168. The summed E-state index contributed by atoms with van der Waals surface area (Å²) in [7, 11) is 1.26. The summed E-state index contributed by atoms with van der Waals surface area (Å²) in [5.74, 6) is -0.609. The highest BCUT2D eigenvalue weighted by molar-refractivity contribution is 5.80. The van der Waals surface area contributed by atoms with Gasteiger partial charge in [0.05, 0.1) is 19.8 Å². The number of aliphatic hydroxyl groups is 1. The van der Waals surface area contributed by atoms with Crippen LogP contribution < -0.4 is 0 Å². The van der Waals surface area contributed by atoms with Gasteiger partial charge in [-0.05, 0) is 6.92 Å². The highest BCUT2D eigenvalue weighted by atomic mass is 16.6. The summed E-state index contributed by atoms with van der Waals surface area (Å²) in [5, 5.41) is 9.63. The van der Waals surface area contributed by atoms with Crippen molar-refractivity contribution in [1.29, 1.82) is 0 Å². The van der Waals surface area contributed by atoms with Gasteiger partial charge < -0.3 is 14.6 Å².